The third-order valence-corrected chi connectivity index (χ3v) is 9.87. The predicted octanol–water partition coefficient (Wildman–Crippen LogP) is 3.62. The fraction of sp³-hybridized carbons (Fsp3) is 0.500. The van der Waals surface area contributed by atoms with Gasteiger partial charge in [-0.3, -0.25) is 9.59 Å². The molecule has 3 fully saturated rings. The molecule has 6 rings (SSSR count). The highest BCUT2D eigenvalue weighted by atomic mass is 16.6. The Kier molecular flexibility index (Phi) is 6.25. The van der Waals surface area contributed by atoms with Crippen LogP contribution in [-0.4, -0.2) is 56.8 Å². The molecule has 7 nitrogen and oxygen atoms in total. The van der Waals surface area contributed by atoms with E-state index in [1.54, 1.807) is 6.92 Å². The number of ketones is 1. The lowest BCUT2D eigenvalue weighted by Crippen LogP contribution is -2.58. The van der Waals surface area contributed by atoms with Crippen molar-refractivity contribution in [3.63, 3.8) is 0 Å². The highest BCUT2D eigenvalue weighted by Crippen LogP contribution is 2.66. The highest BCUT2D eigenvalue weighted by molar-refractivity contribution is 6.13. The fourth-order valence-electron chi connectivity index (χ4n) is 7.88. The molecular formula is C32H38N2O5. The number of H-pyrrole nitrogens is 1. The molecular weight excluding hydrogens is 492 g/mol. The number of aliphatic hydroxyl groups is 2. The van der Waals surface area contributed by atoms with E-state index in [4.69, 9.17) is 4.74 Å². The van der Waals surface area contributed by atoms with Crippen LogP contribution < -0.4 is 5.32 Å². The summed E-state index contributed by atoms with van der Waals surface area (Å²) in [4.78, 5) is 31.6. The Morgan fingerprint density at radius 3 is 2.69 bits per heavy atom. The summed E-state index contributed by atoms with van der Waals surface area (Å²) in [5.74, 6) is -1.36. The second-order valence-corrected chi connectivity index (χ2v) is 12.3. The van der Waals surface area contributed by atoms with Crippen molar-refractivity contribution in [3.05, 3.63) is 72.0 Å². The van der Waals surface area contributed by atoms with Crippen LogP contribution >= 0.6 is 0 Å². The molecule has 2 saturated heterocycles. The van der Waals surface area contributed by atoms with Crippen molar-refractivity contribution in [2.24, 2.45) is 29.1 Å². The molecule has 2 aliphatic carbocycles. The van der Waals surface area contributed by atoms with E-state index >= 15 is 0 Å². The molecule has 39 heavy (non-hydrogen) atoms. The number of para-hydroxylation sites is 1. The van der Waals surface area contributed by atoms with Crippen LogP contribution in [0, 0.1) is 29.1 Å². The number of allylic oxidation sites excluding steroid dienone is 3. The number of aromatic nitrogens is 1. The second-order valence-electron chi connectivity index (χ2n) is 12.3. The van der Waals surface area contributed by atoms with Crippen LogP contribution in [-0.2, 0) is 20.7 Å². The number of hydrogen-bond donors (Lipinski definition) is 4. The van der Waals surface area contributed by atoms with Crippen molar-refractivity contribution in [3.8, 4) is 0 Å². The minimum atomic E-state index is -1.37. The number of aromatic amines is 1. The van der Waals surface area contributed by atoms with Gasteiger partial charge in [0.2, 0.25) is 5.91 Å². The molecule has 1 saturated carbocycles. The molecule has 0 radical (unpaired) electrons. The lowest BCUT2D eigenvalue weighted by molar-refractivity contribution is -0.145. The third kappa shape index (κ3) is 3.89. The van der Waals surface area contributed by atoms with Gasteiger partial charge in [-0.25, -0.2) is 0 Å². The van der Waals surface area contributed by atoms with Crippen molar-refractivity contribution in [1.29, 1.82) is 0 Å². The van der Waals surface area contributed by atoms with Gasteiger partial charge in [0.25, 0.3) is 0 Å². The summed E-state index contributed by atoms with van der Waals surface area (Å²) in [6, 6.07) is 7.92. The number of aliphatic hydroxyl groups excluding tert-OH is 2. The van der Waals surface area contributed by atoms with Crippen molar-refractivity contribution in [2.45, 2.75) is 70.5 Å². The van der Waals surface area contributed by atoms with E-state index in [-0.39, 0.29) is 41.6 Å². The molecule has 10 atom stereocenters. The zero-order valence-electron chi connectivity index (χ0n) is 22.9. The number of fused-ring (bicyclic) bond motifs is 3. The molecule has 3 heterocycles. The summed E-state index contributed by atoms with van der Waals surface area (Å²) in [6.07, 6.45) is 9.40. The van der Waals surface area contributed by atoms with Crippen LogP contribution in [0.1, 0.15) is 39.7 Å². The van der Waals surface area contributed by atoms with Crippen LogP contribution in [0.2, 0.25) is 0 Å². The van der Waals surface area contributed by atoms with Crippen LogP contribution in [0.15, 0.2) is 66.4 Å². The number of benzene rings is 1. The maximum absolute atomic E-state index is 14.3. The molecule has 206 valence electrons. The van der Waals surface area contributed by atoms with E-state index in [1.165, 1.54) is 12.2 Å². The number of epoxide rings is 1. The van der Waals surface area contributed by atoms with E-state index in [0.717, 1.165) is 16.5 Å². The zero-order valence-corrected chi connectivity index (χ0v) is 22.9. The first-order valence-corrected chi connectivity index (χ1v) is 14.1. The van der Waals surface area contributed by atoms with Crippen molar-refractivity contribution >= 4 is 22.6 Å². The molecule has 2 aromatic rings. The van der Waals surface area contributed by atoms with Gasteiger partial charge in [0.05, 0.1) is 11.7 Å². The monoisotopic (exact) mass is 530 g/mol. The Hall–Kier alpha value is -3.00. The van der Waals surface area contributed by atoms with Gasteiger partial charge in [-0.15, -0.1) is 0 Å². The fourth-order valence-corrected chi connectivity index (χ4v) is 7.88. The summed E-state index contributed by atoms with van der Waals surface area (Å²) in [6.45, 7) is 7.94. The number of carbonyl (C=O) groups excluding carboxylic acids is 2. The lowest BCUT2D eigenvalue weighted by Gasteiger charge is -2.46. The number of rotatable bonds is 2. The Bertz CT molecular complexity index is 1410. The predicted molar refractivity (Wildman–Crippen MR) is 149 cm³/mol. The average Bonchev–Trinajstić information content (AvgIpc) is 3.32. The number of hydrogen-bond acceptors (Lipinski definition) is 5. The summed E-state index contributed by atoms with van der Waals surface area (Å²) in [7, 11) is 0. The van der Waals surface area contributed by atoms with Gasteiger partial charge in [0, 0.05) is 40.9 Å². The average molecular weight is 531 g/mol. The first-order chi connectivity index (χ1) is 18.6. The lowest BCUT2D eigenvalue weighted by atomic mass is 9.51. The zero-order chi connectivity index (χ0) is 27.7. The summed E-state index contributed by atoms with van der Waals surface area (Å²) in [5, 5.41) is 25.6. The maximum atomic E-state index is 14.3. The standard InChI is InChI=1S/C32H38N2O5/c1-17-8-7-10-22-29-31(4,39-29)23(15-20-16-33-24-11-6-5-9-21(20)24)27-19(3)34-30(38)32(22,27)26(36)13-12-25(35)28(37)18(2)14-17/h5-7,9-14,16-17,19,22-23,25,27-29,33,35,37H,8,15H2,1-4H3,(H,34,38)/b10-7+,13-12-,18-14+/t17-,19+,22-,23+,25-,27-,28+,29-,31-,32-/m1/s1. The van der Waals surface area contributed by atoms with Crippen molar-refractivity contribution in [2.75, 3.05) is 0 Å². The summed E-state index contributed by atoms with van der Waals surface area (Å²) >= 11 is 0. The number of ether oxygens (including phenoxy) is 1. The van der Waals surface area contributed by atoms with Gasteiger partial charge < -0.3 is 25.3 Å². The molecule has 1 spiro atoms. The largest absolute Gasteiger partial charge is 0.386 e. The van der Waals surface area contributed by atoms with Crippen LogP contribution in [0.3, 0.4) is 0 Å². The topological polar surface area (TPSA) is 115 Å². The van der Waals surface area contributed by atoms with Crippen molar-refractivity contribution < 1.29 is 24.5 Å². The van der Waals surface area contributed by atoms with E-state index in [1.807, 2.05) is 56.5 Å². The van der Waals surface area contributed by atoms with E-state index < -0.39 is 29.1 Å². The molecule has 1 aromatic heterocycles. The Morgan fingerprint density at radius 1 is 1.13 bits per heavy atom. The van der Waals surface area contributed by atoms with Crippen LogP contribution in [0.5, 0.6) is 0 Å². The van der Waals surface area contributed by atoms with Crippen molar-refractivity contribution in [1.82, 2.24) is 10.3 Å². The van der Waals surface area contributed by atoms with Gasteiger partial charge in [-0.1, -0.05) is 43.4 Å². The normalized spacial score (nSPS) is 44.9. The SMILES string of the molecule is C/C1=C\[C@H](C)C/C=C/[C@@H]2[C@H]3O[C@]3(C)[C@@H](Cc3c[nH]c4ccccc34)[C@H]3[C@H](C)NC(=O)[C@]32C(=O)/C=C\[C@@H](O)[C@H]1O. The molecule has 1 aromatic carbocycles. The Morgan fingerprint density at radius 2 is 1.90 bits per heavy atom. The number of amides is 1. The number of nitrogens with one attached hydrogen (secondary N) is 2. The molecule has 7 heteroatoms. The molecule has 4 N–H and O–H groups in total. The second kappa shape index (κ2) is 9.29. The molecule has 2 aliphatic heterocycles. The summed E-state index contributed by atoms with van der Waals surface area (Å²) < 4.78 is 6.50. The summed E-state index contributed by atoms with van der Waals surface area (Å²) in [5.41, 5.74) is 1.00. The van der Waals surface area contributed by atoms with Crippen LogP contribution in [0.25, 0.3) is 10.9 Å². The van der Waals surface area contributed by atoms with E-state index in [9.17, 15) is 19.8 Å². The smallest absolute Gasteiger partial charge is 0.235 e. The molecule has 4 aliphatic rings. The molecule has 0 unspecified atom stereocenters. The van der Waals surface area contributed by atoms with E-state index in [0.29, 0.717) is 18.4 Å². The first kappa shape index (κ1) is 26.2. The van der Waals surface area contributed by atoms with Gasteiger partial charge in [0.15, 0.2) is 5.78 Å². The number of carbonyl (C=O) groups is 2. The Balaban J connectivity index is 1.48. The minimum Gasteiger partial charge on any atom is -0.386 e. The van der Waals surface area contributed by atoms with Gasteiger partial charge in [-0.05, 0) is 68.9 Å². The molecule has 1 amide bonds. The third-order valence-electron chi connectivity index (χ3n) is 9.87. The maximum Gasteiger partial charge on any atom is 0.235 e. The Labute approximate surface area is 229 Å². The van der Waals surface area contributed by atoms with E-state index in [2.05, 4.69) is 23.3 Å². The minimum absolute atomic E-state index is 0.0910. The van der Waals surface area contributed by atoms with Gasteiger partial charge >= 0.3 is 0 Å². The molecule has 0 bridgehead atoms. The highest BCUT2D eigenvalue weighted by Gasteiger charge is 2.78. The van der Waals surface area contributed by atoms with Crippen LogP contribution in [0.4, 0.5) is 0 Å². The quantitative estimate of drug-likeness (QED) is 0.269. The van der Waals surface area contributed by atoms with Gasteiger partial charge in [-0.2, -0.15) is 0 Å². The van der Waals surface area contributed by atoms with Gasteiger partial charge in [0.1, 0.15) is 17.6 Å². The first-order valence-electron chi connectivity index (χ1n) is 14.1.